The molecule has 7 N–H and O–H groups in total. The van der Waals surface area contributed by atoms with Crippen molar-refractivity contribution in [2.75, 3.05) is 6.61 Å². The highest BCUT2D eigenvalue weighted by molar-refractivity contribution is 5.87. The van der Waals surface area contributed by atoms with Crippen LogP contribution in [-0.2, 0) is 9.59 Å². The Hall–Kier alpha value is -1.32. The lowest BCUT2D eigenvalue weighted by Crippen LogP contribution is -2.53. The molecule has 0 fully saturated rings. The molecule has 0 rings (SSSR count). The van der Waals surface area contributed by atoms with E-state index in [4.69, 9.17) is 15.9 Å². The van der Waals surface area contributed by atoms with E-state index in [0.717, 1.165) is 0 Å². The van der Waals surface area contributed by atoms with E-state index in [1.807, 2.05) is 0 Å². The van der Waals surface area contributed by atoms with Crippen molar-refractivity contribution >= 4 is 12.2 Å². The van der Waals surface area contributed by atoms with E-state index < -0.39 is 36.4 Å². The highest BCUT2D eigenvalue weighted by Crippen LogP contribution is 2.15. The number of aldehydes is 1. The molecular formula is C9H15NO7. The molecule has 0 saturated carbocycles. The Labute approximate surface area is 96.6 Å². The Balaban J connectivity index is 4.97. The zero-order valence-electron chi connectivity index (χ0n) is 8.80. The van der Waals surface area contributed by atoms with Crippen molar-refractivity contribution < 1.29 is 35.1 Å². The van der Waals surface area contributed by atoms with Crippen LogP contribution in [0.4, 0.5) is 0 Å². The first kappa shape index (κ1) is 15.7. The van der Waals surface area contributed by atoms with Gasteiger partial charge in [-0.05, 0) is 6.08 Å². The molecule has 0 saturated heterocycles. The number of aliphatic hydroxyl groups excluding tert-OH is 4. The molecule has 0 aliphatic heterocycles. The number of amides is 1. The van der Waals surface area contributed by atoms with Gasteiger partial charge in [-0.25, -0.2) is 0 Å². The Morgan fingerprint density at radius 1 is 1.35 bits per heavy atom. The van der Waals surface area contributed by atoms with Gasteiger partial charge in [-0.15, -0.1) is 0 Å². The number of rotatable bonds is 7. The van der Waals surface area contributed by atoms with Crippen LogP contribution in [0.1, 0.15) is 0 Å². The van der Waals surface area contributed by atoms with Crippen molar-refractivity contribution in [1.82, 2.24) is 0 Å². The Morgan fingerprint density at radius 2 is 1.88 bits per heavy atom. The highest BCUT2D eigenvalue weighted by atomic mass is 16.4. The van der Waals surface area contributed by atoms with E-state index in [-0.39, 0.29) is 6.29 Å². The van der Waals surface area contributed by atoms with Gasteiger partial charge in [0.1, 0.15) is 18.3 Å². The normalized spacial score (nSPS) is 20.5. The molecule has 98 valence electrons. The topological polar surface area (TPSA) is 161 Å². The first-order chi connectivity index (χ1) is 7.78. The lowest BCUT2D eigenvalue weighted by atomic mass is 9.91. The average Bonchev–Trinajstić information content (AvgIpc) is 2.32. The van der Waals surface area contributed by atoms with Crippen LogP contribution in [0.3, 0.4) is 0 Å². The molecular weight excluding hydrogens is 234 g/mol. The van der Waals surface area contributed by atoms with Crippen LogP contribution in [0.25, 0.3) is 0 Å². The molecule has 0 aromatic rings. The summed E-state index contributed by atoms with van der Waals surface area (Å²) in [5.41, 5.74) is 2.14. The van der Waals surface area contributed by atoms with Crippen molar-refractivity contribution in [3.8, 4) is 0 Å². The van der Waals surface area contributed by atoms with Crippen LogP contribution in [0.5, 0.6) is 0 Å². The Kier molecular flexibility index (Phi) is 5.93. The Morgan fingerprint density at radius 3 is 2.24 bits per heavy atom. The fraction of sp³-hybridized carbons (Fsp3) is 0.556. The maximum Gasteiger partial charge on any atom is 0.241 e. The molecule has 0 radical (unpaired) electrons. The fourth-order valence-corrected chi connectivity index (χ4v) is 1.02. The van der Waals surface area contributed by atoms with Crippen molar-refractivity contribution in [2.24, 2.45) is 5.73 Å². The molecule has 0 aliphatic carbocycles. The van der Waals surface area contributed by atoms with Crippen LogP contribution in [0, 0.1) is 0 Å². The lowest BCUT2D eigenvalue weighted by molar-refractivity contribution is -0.152. The second kappa shape index (κ2) is 6.42. The summed E-state index contributed by atoms with van der Waals surface area (Å²) in [6.07, 6.45) is -4.79. The summed E-state index contributed by atoms with van der Waals surface area (Å²) >= 11 is 0. The third-order valence-corrected chi connectivity index (χ3v) is 2.08. The van der Waals surface area contributed by atoms with Gasteiger partial charge in [0.2, 0.25) is 5.91 Å². The number of carbonyl (C=O) groups excluding carboxylic acids is 2. The minimum absolute atomic E-state index is 0.135. The summed E-state index contributed by atoms with van der Waals surface area (Å²) in [5, 5.41) is 45.9. The maximum atomic E-state index is 10.6. The molecule has 4 atom stereocenters. The second-order valence-corrected chi connectivity index (χ2v) is 3.43. The van der Waals surface area contributed by atoms with Gasteiger partial charge in [-0.2, -0.15) is 0 Å². The van der Waals surface area contributed by atoms with E-state index >= 15 is 0 Å². The quantitative estimate of drug-likeness (QED) is 0.198. The summed E-state index contributed by atoms with van der Waals surface area (Å²) < 4.78 is 0. The third kappa shape index (κ3) is 4.21. The number of nitrogens with two attached hydrogens (primary N) is 1. The highest BCUT2D eigenvalue weighted by Gasteiger charge is 2.40. The molecule has 0 aromatic carbocycles. The van der Waals surface area contributed by atoms with Crippen LogP contribution in [-0.4, -0.2) is 68.2 Å². The largest absolute Gasteiger partial charge is 0.394 e. The monoisotopic (exact) mass is 249 g/mol. The summed E-state index contributed by atoms with van der Waals surface area (Å²) in [4.78, 5) is 21.0. The van der Waals surface area contributed by atoms with Gasteiger partial charge in [-0.1, -0.05) is 0 Å². The minimum Gasteiger partial charge on any atom is -0.394 e. The summed E-state index contributed by atoms with van der Waals surface area (Å²) in [5.74, 6) is -0.977. The molecule has 0 unspecified atom stereocenters. The molecule has 8 nitrogen and oxygen atoms in total. The number of aliphatic hydroxyl groups is 5. The zero-order chi connectivity index (χ0) is 13.6. The third-order valence-electron chi connectivity index (χ3n) is 2.08. The average molecular weight is 249 g/mol. The number of carbonyl (C=O) groups is 2. The van der Waals surface area contributed by atoms with Gasteiger partial charge >= 0.3 is 0 Å². The molecule has 0 bridgehead atoms. The van der Waals surface area contributed by atoms with Crippen molar-refractivity contribution in [1.29, 1.82) is 0 Å². The first-order valence-corrected chi connectivity index (χ1v) is 4.61. The lowest BCUT2D eigenvalue weighted by Gasteiger charge is -2.30. The van der Waals surface area contributed by atoms with E-state index in [2.05, 4.69) is 0 Å². The van der Waals surface area contributed by atoms with Gasteiger partial charge < -0.3 is 31.3 Å². The van der Waals surface area contributed by atoms with Gasteiger partial charge in [0.05, 0.1) is 6.61 Å². The molecule has 0 aromatic heterocycles. The molecule has 8 heteroatoms. The zero-order valence-corrected chi connectivity index (χ0v) is 8.80. The summed E-state index contributed by atoms with van der Waals surface area (Å²) in [7, 11) is 0. The van der Waals surface area contributed by atoms with E-state index in [1.54, 1.807) is 0 Å². The maximum absolute atomic E-state index is 10.6. The van der Waals surface area contributed by atoms with Crippen molar-refractivity contribution in [3.05, 3.63) is 12.2 Å². The van der Waals surface area contributed by atoms with E-state index in [0.29, 0.717) is 12.2 Å². The van der Waals surface area contributed by atoms with Crippen molar-refractivity contribution in [2.45, 2.75) is 23.9 Å². The van der Waals surface area contributed by atoms with Crippen molar-refractivity contribution in [3.63, 3.8) is 0 Å². The summed E-state index contributed by atoms with van der Waals surface area (Å²) in [6.45, 7) is -0.882. The first-order valence-electron chi connectivity index (χ1n) is 4.61. The smallest absolute Gasteiger partial charge is 0.241 e. The predicted molar refractivity (Wildman–Crippen MR) is 54.5 cm³/mol. The predicted octanol–water partition coefficient (Wildman–Crippen LogP) is -3.97. The standard InChI is InChI=1S/C9H15NO7/c10-6(14)1-2-9(17,4-12)8(16)7(15)5(13)3-11/h1-2,4-5,7-8,11,13,15-17H,3H2,(H2,10,14)/t5-,7-,8+,9+/m1/s1. The number of hydrogen-bond acceptors (Lipinski definition) is 7. The summed E-state index contributed by atoms with van der Waals surface area (Å²) in [6, 6.07) is 0. The van der Waals surface area contributed by atoms with Crippen LogP contribution in [0.15, 0.2) is 12.2 Å². The minimum atomic E-state index is -2.59. The molecule has 0 aliphatic rings. The number of hydrogen-bond donors (Lipinski definition) is 6. The van der Waals surface area contributed by atoms with E-state index in [1.165, 1.54) is 0 Å². The SMILES string of the molecule is NC(=O)C=C[C@](O)(C=O)[C@@H](O)[C@H](O)[C@H](O)CO. The molecule has 0 heterocycles. The van der Waals surface area contributed by atoms with Gasteiger partial charge in [-0.3, -0.25) is 9.59 Å². The van der Waals surface area contributed by atoms with Gasteiger partial charge in [0.25, 0.3) is 0 Å². The van der Waals surface area contributed by atoms with Gasteiger partial charge in [0, 0.05) is 6.08 Å². The second-order valence-electron chi connectivity index (χ2n) is 3.43. The molecule has 0 spiro atoms. The van der Waals surface area contributed by atoms with E-state index in [9.17, 15) is 24.9 Å². The molecule has 1 amide bonds. The fourth-order valence-electron chi connectivity index (χ4n) is 1.02. The van der Waals surface area contributed by atoms with Crippen LogP contribution in [0.2, 0.25) is 0 Å². The van der Waals surface area contributed by atoms with Gasteiger partial charge in [0.15, 0.2) is 11.9 Å². The van der Waals surface area contributed by atoms with Crippen LogP contribution < -0.4 is 5.73 Å². The number of primary amides is 1. The Bertz CT molecular complexity index is 306. The molecule has 17 heavy (non-hydrogen) atoms. The van der Waals surface area contributed by atoms with Crippen LogP contribution >= 0.6 is 0 Å².